The van der Waals surface area contributed by atoms with E-state index in [4.69, 9.17) is 5.73 Å². The predicted octanol–water partition coefficient (Wildman–Crippen LogP) is 3.44. The van der Waals surface area contributed by atoms with Gasteiger partial charge in [0.1, 0.15) is 17.3 Å². The Kier molecular flexibility index (Phi) is 6.27. The molecule has 0 radical (unpaired) electrons. The van der Waals surface area contributed by atoms with E-state index >= 15 is 0 Å². The first kappa shape index (κ1) is 23.4. The highest BCUT2D eigenvalue weighted by molar-refractivity contribution is 5.95. The number of amides is 2. The number of nitrogens with zero attached hydrogens (tertiary/aromatic N) is 4. The lowest BCUT2D eigenvalue weighted by Gasteiger charge is -2.26. The third kappa shape index (κ3) is 4.91. The number of nitrogens with two attached hydrogens (primary N) is 1. The van der Waals surface area contributed by atoms with Crippen molar-refractivity contribution in [2.75, 3.05) is 13.6 Å². The number of likely N-dealkylation sites (tertiary alicyclic amines) is 1. The van der Waals surface area contributed by atoms with Crippen molar-refractivity contribution in [2.24, 2.45) is 5.73 Å². The summed E-state index contributed by atoms with van der Waals surface area (Å²) >= 11 is 0. The Bertz CT molecular complexity index is 1290. The van der Waals surface area contributed by atoms with Crippen molar-refractivity contribution < 1.29 is 18.4 Å². The number of primary amides is 1. The van der Waals surface area contributed by atoms with E-state index in [9.17, 15) is 18.4 Å². The molecule has 1 aliphatic heterocycles. The summed E-state index contributed by atoms with van der Waals surface area (Å²) < 4.78 is 29.5. The van der Waals surface area contributed by atoms with Gasteiger partial charge in [-0.05, 0) is 50.4 Å². The maximum Gasteiger partial charge on any atom is 0.267 e. The molecule has 1 aliphatic carbocycles. The van der Waals surface area contributed by atoms with Gasteiger partial charge in [0.05, 0.1) is 18.3 Å². The van der Waals surface area contributed by atoms with Gasteiger partial charge in [-0.15, -0.1) is 0 Å². The van der Waals surface area contributed by atoms with E-state index in [-0.39, 0.29) is 18.1 Å². The molecule has 1 atom stereocenters. The van der Waals surface area contributed by atoms with E-state index in [0.29, 0.717) is 30.6 Å². The summed E-state index contributed by atoms with van der Waals surface area (Å²) in [6.45, 7) is 1.61. The van der Waals surface area contributed by atoms with Gasteiger partial charge in [0, 0.05) is 54.8 Å². The molecule has 5 rings (SSSR count). The van der Waals surface area contributed by atoms with E-state index in [0.717, 1.165) is 54.8 Å². The molecule has 2 amide bonds. The van der Waals surface area contributed by atoms with E-state index in [1.807, 2.05) is 17.8 Å². The van der Waals surface area contributed by atoms with Crippen LogP contribution in [0.3, 0.4) is 0 Å². The van der Waals surface area contributed by atoms with Crippen molar-refractivity contribution in [3.05, 3.63) is 65.1 Å². The largest absolute Gasteiger partial charge is 0.364 e. The second-order valence-corrected chi connectivity index (χ2v) is 9.72. The first-order chi connectivity index (χ1) is 16.8. The predicted molar refractivity (Wildman–Crippen MR) is 128 cm³/mol. The lowest BCUT2D eigenvalue weighted by atomic mass is 10.1. The number of aromatic nitrogens is 2. The zero-order chi connectivity index (χ0) is 24.7. The Morgan fingerprint density at radius 1 is 1.20 bits per heavy atom. The highest BCUT2D eigenvalue weighted by Crippen LogP contribution is 2.35. The van der Waals surface area contributed by atoms with Crippen LogP contribution in [-0.2, 0) is 17.9 Å². The highest BCUT2D eigenvalue weighted by atomic mass is 19.1. The monoisotopic (exact) mass is 481 g/mol. The van der Waals surface area contributed by atoms with E-state index in [1.165, 1.54) is 12.1 Å². The summed E-state index contributed by atoms with van der Waals surface area (Å²) in [6.07, 6.45) is 8.18. The van der Waals surface area contributed by atoms with Gasteiger partial charge in [0.2, 0.25) is 5.91 Å². The number of hydrogen-bond donors (Lipinski definition) is 1. The van der Waals surface area contributed by atoms with Gasteiger partial charge in [-0.1, -0.05) is 6.07 Å². The molecule has 1 saturated heterocycles. The summed E-state index contributed by atoms with van der Waals surface area (Å²) in [5, 5.41) is 0.818. The lowest BCUT2D eigenvalue weighted by Crippen LogP contribution is -2.37. The average molecular weight is 482 g/mol. The Labute approximate surface area is 202 Å². The topological polar surface area (TPSA) is 84.5 Å². The van der Waals surface area contributed by atoms with Crippen molar-refractivity contribution in [3.8, 4) is 0 Å². The molecule has 3 aromatic rings. The van der Waals surface area contributed by atoms with Crippen molar-refractivity contribution in [2.45, 2.75) is 57.3 Å². The van der Waals surface area contributed by atoms with E-state index < -0.39 is 17.5 Å². The fraction of sp³-hybridized carbons (Fsp3) is 0.423. The minimum atomic E-state index is -0.622. The van der Waals surface area contributed by atoms with Crippen molar-refractivity contribution in [1.82, 2.24) is 19.4 Å². The first-order valence-corrected chi connectivity index (χ1v) is 12.0. The van der Waals surface area contributed by atoms with Crippen LogP contribution in [0.15, 0.2) is 36.7 Å². The van der Waals surface area contributed by atoms with E-state index in [1.54, 1.807) is 12.3 Å². The number of rotatable bonds is 9. The fourth-order valence-corrected chi connectivity index (χ4v) is 5.13. The quantitative estimate of drug-likeness (QED) is 0.508. The van der Waals surface area contributed by atoms with Crippen LogP contribution in [-0.4, -0.2) is 56.8 Å². The van der Waals surface area contributed by atoms with Crippen LogP contribution in [0, 0.1) is 11.6 Å². The Hall–Kier alpha value is -3.33. The molecule has 0 spiro atoms. The smallest absolute Gasteiger partial charge is 0.267 e. The van der Waals surface area contributed by atoms with Gasteiger partial charge in [0.15, 0.2) is 0 Å². The molecule has 0 bridgehead atoms. The summed E-state index contributed by atoms with van der Waals surface area (Å²) in [5.74, 6) is -1.57. The van der Waals surface area contributed by atoms with Gasteiger partial charge in [0.25, 0.3) is 5.91 Å². The van der Waals surface area contributed by atoms with Crippen molar-refractivity contribution >= 4 is 22.7 Å². The summed E-state index contributed by atoms with van der Waals surface area (Å²) in [5.41, 5.74) is 7.67. The molecule has 35 heavy (non-hydrogen) atoms. The summed E-state index contributed by atoms with van der Waals surface area (Å²) in [6, 6.07) is 5.94. The molecule has 2 aliphatic rings. The number of hydrogen-bond acceptors (Lipinski definition) is 4. The minimum absolute atomic E-state index is 0.164. The second-order valence-electron chi connectivity index (χ2n) is 9.72. The molecule has 2 fully saturated rings. The zero-order valence-electron chi connectivity index (χ0n) is 19.7. The van der Waals surface area contributed by atoms with Gasteiger partial charge in [-0.25, -0.2) is 13.8 Å². The van der Waals surface area contributed by atoms with Crippen LogP contribution >= 0.6 is 0 Å². The van der Waals surface area contributed by atoms with Gasteiger partial charge in [-0.2, -0.15) is 0 Å². The number of fused-ring (bicyclic) bond motifs is 1. The van der Waals surface area contributed by atoms with Crippen LogP contribution < -0.4 is 5.73 Å². The molecule has 2 aromatic heterocycles. The van der Waals surface area contributed by atoms with Gasteiger partial charge >= 0.3 is 0 Å². The van der Waals surface area contributed by atoms with Crippen LogP contribution in [0.2, 0.25) is 0 Å². The Morgan fingerprint density at radius 3 is 2.71 bits per heavy atom. The normalized spacial score (nSPS) is 18.2. The molecule has 3 heterocycles. The molecule has 1 unspecified atom stereocenters. The highest BCUT2D eigenvalue weighted by Gasteiger charge is 2.40. The fourth-order valence-electron chi connectivity index (χ4n) is 5.13. The number of pyridine rings is 1. The molecular weight excluding hydrogens is 452 g/mol. The molecule has 9 heteroatoms. The number of carbonyl (C=O) groups is 2. The molecule has 184 valence electrons. The summed E-state index contributed by atoms with van der Waals surface area (Å²) in [4.78, 5) is 32.4. The summed E-state index contributed by atoms with van der Waals surface area (Å²) in [7, 11) is 2.03. The maximum absolute atomic E-state index is 14.3. The standard InChI is InChI=1S/C26H29F2N5O2/c1-31(9-8-20-6-7-25(34)33(20)19-4-5-19)13-17-15-32(14-16-2-3-18(27)10-22(16)28)24-12-30-23(26(29)35)11-21(17)24/h2-3,10-12,15,19-20H,4-9,13-14H2,1H3,(H2,29,35). The van der Waals surface area contributed by atoms with Crippen LogP contribution in [0.25, 0.3) is 10.9 Å². The molecular formula is C26H29F2N5O2. The molecule has 1 saturated carbocycles. The SMILES string of the molecule is CN(CCC1CCC(=O)N1C1CC1)Cc1cn(Cc2ccc(F)cc2F)c2cnc(C(N)=O)cc12. The van der Waals surface area contributed by atoms with Crippen LogP contribution in [0.4, 0.5) is 8.78 Å². The zero-order valence-corrected chi connectivity index (χ0v) is 19.7. The van der Waals surface area contributed by atoms with Crippen molar-refractivity contribution in [1.29, 1.82) is 0 Å². The van der Waals surface area contributed by atoms with Gasteiger partial charge < -0.3 is 20.1 Å². The number of halogens is 2. The number of benzene rings is 1. The van der Waals surface area contributed by atoms with Crippen LogP contribution in [0.5, 0.6) is 0 Å². The average Bonchev–Trinajstić information content (AvgIpc) is 3.51. The van der Waals surface area contributed by atoms with Crippen molar-refractivity contribution in [3.63, 3.8) is 0 Å². The molecule has 7 nitrogen and oxygen atoms in total. The minimum Gasteiger partial charge on any atom is -0.364 e. The molecule has 2 N–H and O–H groups in total. The number of carbonyl (C=O) groups excluding carboxylic acids is 2. The second kappa shape index (κ2) is 9.37. The Balaban J connectivity index is 1.36. The lowest BCUT2D eigenvalue weighted by molar-refractivity contribution is -0.129. The maximum atomic E-state index is 14.3. The Morgan fingerprint density at radius 2 is 2.00 bits per heavy atom. The third-order valence-electron chi connectivity index (χ3n) is 7.06. The van der Waals surface area contributed by atoms with Crippen LogP contribution in [0.1, 0.15) is 53.7 Å². The molecule has 1 aromatic carbocycles. The van der Waals surface area contributed by atoms with E-state index in [2.05, 4.69) is 14.8 Å². The first-order valence-electron chi connectivity index (χ1n) is 12.0. The van der Waals surface area contributed by atoms with Gasteiger partial charge in [-0.3, -0.25) is 9.59 Å². The third-order valence-corrected chi connectivity index (χ3v) is 7.06.